The van der Waals surface area contributed by atoms with Crippen molar-refractivity contribution < 1.29 is 0 Å². The van der Waals surface area contributed by atoms with Gasteiger partial charge in [-0.25, -0.2) is 0 Å². The van der Waals surface area contributed by atoms with E-state index in [4.69, 9.17) is 0 Å². The summed E-state index contributed by atoms with van der Waals surface area (Å²) in [5.74, 6) is 0. The van der Waals surface area contributed by atoms with Gasteiger partial charge >= 0.3 is 0 Å². The fourth-order valence-corrected chi connectivity index (χ4v) is 1.38. The fraction of sp³-hybridized carbons (Fsp3) is 0.182. The van der Waals surface area contributed by atoms with Gasteiger partial charge in [0.2, 0.25) is 0 Å². The highest BCUT2D eigenvalue weighted by Gasteiger charge is 2.06. The zero-order valence-corrected chi connectivity index (χ0v) is 7.64. The van der Waals surface area contributed by atoms with Crippen LogP contribution in [0.4, 0.5) is 5.69 Å². The van der Waals surface area contributed by atoms with Gasteiger partial charge in [-0.15, -0.1) is 0 Å². The molecule has 0 radical (unpaired) electrons. The molecule has 2 rings (SSSR count). The molecule has 1 aromatic rings. The molecule has 13 heavy (non-hydrogen) atoms. The molecule has 66 valence electrons. The average molecular weight is 172 g/mol. The number of para-hydroxylation sites is 1. The van der Waals surface area contributed by atoms with E-state index in [1.807, 2.05) is 37.5 Å². The number of nitrogens with zero attached hydrogens (tertiary/aromatic N) is 2. The van der Waals surface area contributed by atoms with Crippen molar-refractivity contribution >= 4 is 11.4 Å². The number of hydrogen-bond acceptors (Lipinski definition) is 2. The third-order valence-corrected chi connectivity index (χ3v) is 2.03. The van der Waals surface area contributed by atoms with Crippen molar-refractivity contribution in [1.82, 2.24) is 0 Å². The molecule has 0 saturated heterocycles. The summed E-state index contributed by atoms with van der Waals surface area (Å²) in [5, 5.41) is 0. The third-order valence-electron chi connectivity index (χ3n) is 2.03. The van der Waals surface area contributed by atoms with Crippen LogP contribution in [0, 0.1) is 0 Å². The summed E-state index contributed by atoms with van der Waals surface area (Å²) < 4.78 is 0. The Morgan fingerprint density at radius 1 is 1.23 bits per heavy atom. The molecule has 0 saturated carbocycles. The fourth-order valence-electron chi connectivity index (χ4n) is 1.38. The number of rotatable bonds is 1. The summed E-state index contributed by atoms with van der Waals surface area (Å²) in [6.07, 6.45) is 3.84. The smallest absolute Gasteiger partial charge is 0.0606 e. The Labute approximate surface area is 78.2 Å². The Hall–Kier alpha value is -1.57. The third kappa shape index (κ3) is 1.78. The van der Waals surface area contributed by atoms with Crippen LogP contribution in [0.2, 0.25) is 0 Å². The molecule has 0 bridgehead atoms. The Morgan fingerprint density at radius 3 is 2.69 bits per heavy atom. The van der Waals surface area contributed by atoms with Crippen LogP contribution in [0.5, 0.6) is 0 Å². The molecule has 1 aromatic carbocycles. The predicted molar refractivity (Wildman–Crippen MR) is 56.0 cm³/mol. The molecule has 1 aliphatic rings. The number of benzene rings is 1. The van der Waals surface area contributed by atoms with Gasteiger partial charge in [-0.05, 0) is 19.1 Å². The van der Waals surface area contributed by atoms with Crippen molar-refractivity contribution in [2.75, 3.05) is 11.4 Å². The molecule has 0 atom stereocenters. The molecule has 0 N–H and O–H groups in total. The molecule has 0 aliphatic carbocycles. The quantitative estimate of drug-likeness (QED) is 0.635. The highest BCUT2D eigenvalue weighted by atomic mass is 15.1. The van der Waals surface area contributed by atoms with Crippen molar-refractivity contribution in [3.8, 4) is 0 Å². The maximum atomic E-state index is 4.20. The zero-order valence-electron chi connectivity index (χ0n) is 7.64. The van der Waals surface area contributed by atoms with Crippen LogP contribution in [0.25, 0.3) is 0 Å². The minimum atomic E-state index is 0.889. The van der Waals surface area contributed by atoms with E-state index in [0.29, 0.717) is 0 Å². The number of hydrogen-bond donors (Lipinski definition) is 0. The first-order valence-corrected chi connectivity index (χ1v) is 4.38. The van der Waals surface area contributed by atoms with Crippen LogP contribution in [-0.2, 0) is 0 Å². The van der Waals surface area contributed by atoms with Crippen molar-refractivity contribution in [3.63, 3.8) is 0 Å². The second kappa shape index (κ2) is 3.44. The van der Waals surface area contributed by atoms with Gasteiger partial charge in [0.15, 0.2) is 0 Å². The van der Waals surface area contributed by atoms with Gasteiger partial charge in [0.25, 0.3) is 0 Å². The topological polar surface area (TPSA) is 15.6 Å². The van der Waals surface area contributed by atoms with E-state index in [1.54, 1.807) is 0 Å². The maximum absolute atomic E-state index is 4.20. The molecule has 2 heteroatoms. The minimum absolute atomic E-state index is 0.889. The standard InChI is InChI=1S/C11H12N2/c1-10-9-13(8-7-12-10)11-5-3-2-4-6-11/h2-8H,9H2,1H3. The van der Waals surface area contributed by atoms with E-state index in [0.717, 1.165) is 12.3 Å². The van der Waals surface area contributed by atoms with Gasteiger partial charge in [0.05, 0.1) is 6.54 Å². The van der Waals surface area contributed by atoms with Gasteiger partial charge < -0.3 is 4.90 Å². The van der Waals surface area contributed by atoms with Crippen LogP contribution in [0.3, 0.4) is 0 Å². The molecular weight excluding hydrogens is 160 g/mol. The van der Waals surface area contributed by atoms with Crippen LogP contribution in [0.1, 0.15) is 6.92 Å². The summed E-state index contributed by atoms with van der Waals surface area (Å²) in [5.41, 5.74) is 2.36. The molecule has 0 spiro atoms. The lowest BCUT2D eigenvalue weighted by Crippen LogP contribution is -2.24. The van der Waals surface area contributed by atoms with Crippen LogP contribution >= 0.6 is 0 Å². The highest BCUT2D eigenvalue weighted by molar-refractivity contribution is 5.88. The van der Waals surface area contributed by atoms with Gasteiger partial charge in [0, 0.05) is 23.8 Å². The first-order chi connectivity index (χ1) is 6.36. The van der Waals surface area contributed by atoms with E-state index in [2.05, 4.69) is 22.0 Å². The molecular formula is C11H12N2. The first-order valence-electron chi connectivity index (χ1n) is 4.38. The zero-order chi connectivity index (χ0) is 9.10. The second-order valence-electron chi connectivity index (χ2n) is 3.13. The number of anilines is 1. The molecule has 0 unspecified atom stereocenters. The van der Waals surface area contributed by atoms with Gasteiger partial charge in [-0.1, -0.05) is 18.2 Å². The minimum Gasteiger partial charge on any atom is -0.341 e. The van der Waals surface area contributed by atoms with E-state index >= 15 is 0 Å². The molecule has 2 nitrogen and oxygen atoms in total. The highest BCUT2D eigenvalue weighted by Crippen LogP contribution is 2.15. The van der Waals surface area contributed by atoms with E-state index in [1.165, 1.54) is 5.69 Å². The molecule has 1 aliphatic heterocycles. The van der Waals surface area contributed by atoms with Crippen molar-refractivity contribution in [2.45, 2.75) is 6.92 Å². The van der Waals surface area contributed by atoms with Crippen molar-refractivity contribution in [3.05, 3.63) is 42.7 Å². The Balaban J connectivity index is 2.21. The maximum Gasteiger partial charge on any atom is 0.0606 e. The van der Waals surface area contributed by atoms with Crippen LogP contribution in [0.15, 0.2) is 47.7 Å². The van der Waals surface area contributed by atoms with Gasteiger partial charge in [0.1, 0.15) is 0 Å². The Kier molecular flexibility index (Phi) is 2.13. The van der Waals surface area contributed by atoms with Gasteiger partial charge in [-0.3, -0.25) is 4.99 Å². The predicted octanol–water partition coefficient (Wildman–Crippen LogP) is 2.44. The first kappa shape index (κ1) is 8.05. The normalized spacial score (nSPS) is 15.8. The van der Waals surface area contributed by atoms with Crippen molar-refractivity contribution in [2.24, 2.45) is 4.99 Å². The largest absolute Gasteiger partial charge is 0.341 e. The lowest BCUT2D eigenvalue weighted by atomic mass is 10.2. The van der Waals surface area contributed by atoms with E-state index < -0.39 is 0 Å². The Morgan fingerprint density at radius 2 is 2.00 bits per heavy atom. The summed E-state index contributed by atoms with van der Waals surface area (Å²) in [4.78, 5) is 6.38. The summed E-state index contributed by atoms with van der Waals surface area (Å²) in [6, 6.07) is 10.3. The van der Waals surface area contributed by atoms with Crippen molar-refractivity contribution in [1.29, 1.82) is 0 Å². The van der Waals surface area contributed by atoms with Gasteiger partial charge in [-0.2, -0.15) is 0 Å². The van der Waals surface area contributed by atoms with E-state index in [9.17, 15) is 0 Å². The van der Waals surface area contributed by atoms with E-state index in [-0.39, 0.29) is 0 Å². The van der Waals surface area contributed by atoms with Crippen LogP contribution < -0.4 is 4.90 Å². The summed E-state index contributed by atoms with van der Waals surface area (Å²) in [7, 11) is 0. The summed E-state index contributed by atoms with van der Waals surface area (Å²) in [6.45, 7) is 2.93. The molecule has 0 fully saturated rings. The lowest BCUT2D eigenvalue weighted by molar-refractivity contribution is 1.08. The van der Waals surface area contributed by atoms with Crippen LogP contribution in [-0.4, -0.2) is 12.3 Å². The molecule has 1 heterocycles. The SMILES string of the molecule is CC1=NC=CN(c2ccccc2)C1. The average Bonchev–Trinajstić information content (AvgIpc) is 2.19. The summed E-state index contributed by atoms with van der Waals surface area (Å²) >= 11 is 0. The molecule has 0 amide bonds. The number of aliphatic imine (C=N–C) groups is 1. The lowest BCUT2D eigenvalue weighted by Gasteiger charge is -2.22. The Bertz CT molecular complexity index is 338. The molecule has 0 aromatic heterocycles. The monoisotopic (exact) mass is 172 g/mol. The second-order valence-corrected chi connectivity index (χ2v) is 3.13.